The van der Waals surface area contributed by atoms with Gasteiger partial charge < -0.3 is 20.0 Å². The van der Waals surface area contributed by atoms with Crippen LogP contribution < -0.4 is 9.80 Å². The van der Waals surface area contributed by atoms with Gasteiger partial charge in [0.2, 0.25) is 0 Å². The smallest absolute Gasteiger partial charge is 0.117 e. The van der Waals surface area contributed by atoms with Crippen molar-refractivity contribution in [3.8, 4) is 11.5 Å². The third-order valence-electron chi connectivity index (χ3n) is 3.30. The second kappa shape index (κ2) is 8.82. The number of phenols is 2. The lowest BCUT2D eigenvalue weighted by Gasteiger charge is -2.20. The van der Waals surface area contributed by atoms with E-state index < -0.39 is 0 Å². The summed E-state index contributed by atoms with van der Waals surface area (Å²) in [6, 6.07) is 14.5. The summed E-state index contributed by atoms with van der Waals surface area (Å²) < 4.78 is 0. The van der Waals surface area contributed by atoms with Gasteiger partial charge >= 0.3 is 0 Å². The van der Waals surface area contributed by atoms with Crippen LogP contribution in [0.3, 0.4) is 0 Å². The molecule has 0 aliphatic rings. The fourth-order valence-electron chi connectivity index (χ4n) is 2.05. The molecule has 0 unspecified atom stereocenters. The molecule has 0 aliphatic carbocycles. The molecule has 0 aromatic heterocycles. The minimum Gasteiger partial charge on any atom is -0.508 e. The maximum absolute atomic E-state index is 9.23. The maximum atomic E-state index is 9.23. The molecule has 2 aromatic carbocycles. The van der Waals surface area contributed by atoms with Crippen molar-refractivity contribution >= 4 is 11.4 Å². The predicted octanol–water partition coefficient (Wildman–Crippen LogP) is 3.70. The zero-order valence-electron chi connectivity index (χ0n) is 13.8. The van der Waals surface area contributed by atoms with Gasteiger partial charge in [-0.1, -0.05) is 12.1 Å². The van der Waals surface area contributed by atoms with E-state index in [2.05, 4.69) is 18.7 Å². The van der Waals surface area contributed by atoms with Crippen LogP contribution in [-0.2, 0) is 0 Å². The molecule has 4 heteroatoms. The van der Waals surface area contributed by atoms with Crippen LogP contribution >= 0.6 is 0 Å². The first-order chi connectivity index (χ1) is 10.5. The Kier molecular flexibility index (Phi) is 7.09. The van der Waals surface area contributed by atoms with Crippen molar-refractivity contribution in [3.63, 3.8) is 0 Å². The number of benzene rings is 2. The van der Waals surface area contributed by atoms with E-state index in [1.807, 2.05) is 43.3 Å². The highest BCUT2D eigenvalue weighted by Gasteiger charge is 2.00. The van der Waals surface area contributed by atoms with Crippen molar-refractivity contribution in [3.05, 3.63) is 48.5 Å². The van der Waals surface area contributed by atoms with Gasteiger partial charge in [0.15, 0.2) is 0 Å². The van der Waals surface area contributed by atoms with Crippen molar-refractivity contribution < 1.29 is 10.2 Å². The molecule has 22 heavy (non-hydrogen) atoms. The zero-order valence-corrected chi connectivity index (χ0v) is 13.8. The third kappa shape index (κ3) is 5.56. The van der Waals surface area contributed by atoms with Crippen LogP contribution in [0.25, 0.3) is 0 Å². The first kappa shape index (κ1) is 17.7. The zero-order chi connectivity index (χ0) is 16.5. The van der Waals surface area contributed by atoms with E-state index >= 15 is 0 Å². The van der Waals surface area contributed by atoms with Gasteiger partial charge in [-0.15, -0.1) is 0 Å². The monoisotopic (exact) mass is 302 g/mol. The topological polar surface area (TPSA) is 46.9 Å². The normalized spacial score (nSPS) is 9.64. The Labute approximate surface area is 133 Å². The fraction of sp³-hybridized carbons (Fsp3) is 0.333. The molecule has 0 fully saturated rings. The van der Waals surface area contributed by atoms with Crippen LogP contribution in [0.4, 0.5) is 11.4 Å². The summed E-state index contributed by atoms with van der Waals surface area (Å²) in [6.07, 6.45) is 0. The number of aromatic hydroxyl groups is 2. The molecule has 4 nitrogen and oxygen atoms in total. The Balaban J connectivity index is 0.000000224. The number of anilines is 2. The van der Waals surface area contributed by atoms with E-state index in [1.54, 1.807) is 24.3 Å². The molecule has 2 rings (SSSR count). The summed E-state index contributed by atoms with van der Waals surface area (Å²) >= 11 is 0. The highest BCUT2D eigenvalue weighted by atomic mass is 16.3. The van der Waals surface area contributed by atoms with Crippen LogP contribution in [0.15, 0.2) is 48.5 Å². The number of phenolic OH excluding ortho intramolecular Hbond substituents is 2. The quantitative estimate of drug-likeness (QED) is 0.904. The molecule has 0 saturated carbocycles. The SMILES string of the molecule is CCN(CC)c1cccc(O)c1.CN(C)c1cccc(O)c1. The summed E-state index contributed by atoms with van der Waals surface area (Å²) in [5, 5.41) is 18.3. The van der Waals surface area contributed by atoms with Gasteiger partial charge in [0.05, 0.1) is 0 Å². The lowest BCUT2D eigenvalue weighted by molar-refractivity contribution is 0.474. The van der Waals surface area contributed by atoms with Crippen molar-refractivity contribution in [2.45, 2.75) is 13.8 Å². The van der Waals surface area contributed by atoms with Crippen LogP contribution in [0.5, 0.6) is 11.5 Å². The van der Waals surface area contributed by atoms with Gasteiger partial charge in [-0.3, -0.25) is 0 Å². The summed E-state index contributed by atoms with van der Waals surface area (Å²) in [5.74, 6) is 0.644. The molecule has 0 spiro atoms. The van der Waals surface area contributed by atoms with E-state index in [1.165, 1.54) is 0 Å². The van der Waals surface area contributed by atoms with Crippen LogP contribution in [-0.4, -0.2) is 37.4 Å². The maximum Gasteiger partial charge on any atom is 0.117 e. The van der Waals surface area contributed by atoms with E-state index in [0.717, 1.165) is 24.5 Å². The second-order valence-corrected chi connectivity index (χ2v) is 5.11. The van der Waals surface area contributed by atoms with Gasteiger partial charge in [0.25, 0.3) is 0 Å². The molecular formula is C18H26N2O2. The van der Waals surface area contributed by atoms with Crippen LogP contribution in [0, 0.1) is 0 Å². The summed E-state index contributed by atoms with van der Waals surface area (Å²) in [5.41, 5.74) is 2.10. The molecule has 0 amide bonds. The highest BCUT2D eigenvalue weighted by molar-refractivity contribution is 5.50. The van der Waals surface area contributed by atoms with Crippen molar-refractivity contribution in [2.24, 2.45) is 0 Å². The van der Waals surface area contributed by atoms with Crippen molar-refractivity contribution in [1.82, 2.24) is 0 Å². The number of hydrogen-bond acceptors (Lipinski definition) is 4. The molecule has 0 atom stereocenters. The average molecular weight is 302 g/mol. The van der Waals surface area contributed by atoms with Crippen LogP contribution in [0.1, 0.15) is 13.8 Å². The second-order valence-electron chi connectivity index (χ2n) is 5.11. The average Bonchev–Trinajstić information content (AvgIpc) is 2.49. The number of rotatable bonds is 4. The van der Waals surface area contributed by atoms with E-state index in [-0.39, 0.29) is 0 Å². The minimum absolute atomic E-state index is 0.311. The molecule has 2 aromatic rings. The van der Waals surface area contributed by atoms with E-state index in [9.17, 15) is 5.11 Å². The van der Waals surface area contributed by atoms with E-state index in [0.29, 0.717) is 11.5 Å². The number of hydrogen-bond donors (Lipinski definition) is 2. The number of nitrogens with zero attached hydrogens (tertiary/aromatic N) is 2. The molecule has 120 valence electrons. The van der Waals surface area contributed by atoms with Gasteiger partial charge in [0.1, 0.15) is 11.5 Å². The first-order valence-electron chi connectivity index (χ1n) is 7.48. The molecular weight excluding hydrogens is 276 g/mol. The summed E-state index contributed by atoms with van der Waals surface area (Å²) in [4.78, 5) is 4.14. The predicted molar refractivity (Wildman–Crippen MR) is 94.1 cm³/mol. The molecule has 0 saturated heterocycles. The lowest BCUT2D eigenvalue weighted by Crippen LogP contribution is -2.21. The Morgan fingerprint density at radius 1 is 0.773 bits per heavy atom. The largest absolute Gasteiger partial charge is 0.508 e. The first-order valence-corrected chi connectivity index (χ1v) is 7.48. The van der Waals surface area contributed by atoms with E-state index in [4.69, 9.17) is 5.11 Å². The van der Waals surface area contributed by atoms with Gasteiger partial charge in [-0.2, -0.15) is 0 Å². The molecule has 2 N–H and O–H groups in total. The molecule has 0 heterocycles. The minimum atomic E-state index is 0.311. The summed E-state index contributed by atoms with van der Waals surface area (Å²) in [6.45, 7) is 6.15. The van der Waals surface area contributed by atoms with Gasteiger partial charge in [-0.05, 0) is 38.1 Å². The Hall–Kier alpha value is -2.36. The Morgan fingerprint density at radius 3 is 1.59 bits per heavy atom. The third-order valence-corrected chi connectivity index (χ3v) is 3.30. The Morgan fingerprint density at radius 2 is 1.23 bits per heavy atom. The van der Waals surface area contributed by atoms with Crippen molar-refractivity contribution in [1.29, 1.82) is 0 Å². The van der Waals surface area contributed by atoms with Crippen LogP contribution in [0.2, 0.25) is 0 Å². The lowest BCUT2D eigenvalue weighted by atomic mass is 10.2. The van der Waals surface area contributed by atoms with Gasteiger partial charge in [0, 0.05) is 50.7 Å². The molecule has 0 bridgehead atoms. The molecule has 0 radical (unpaired) electrons. The summed E-state index contributed by atoms with van der Waals surface area (Å²) in [7, 11) is 3.88. The standard InChI is InChI=1S/C10H15NO.C8H11NO/c1-3-11(4-2)9-6-5-7-10(12)8-9;1-9(2)7-4-3-5-8(10)6-7/h5-8,12H,3-4H2,1-2H3;3-6,10H,1-2H3. The van der Waals surface area contributed by atoms with Crippen molar-refractivity contribution in [2.75, 3.05) is 37.0 Å². The highest BCUT2D eigenvalue weighted by Crippen LogP contribution is 2.19. The van der Waals surface area contributed by atoms with Gasteiger partial charge in [-0.25, -0.2) is 0 Å². The fourth-order valence-corrected chi connectivity index (χ4v) is 2.05. The Bertz CT molecular complexity index is 567. The molecule has 0 aliphatic heterocycles.